The smallest absolute Gasteiger partial charge is 0.225 e. The number of fused-ring (bicyclic) bond motifs is 1. The van der Waals surface area contributed by atoms with E-state index in [-0.39, 0.29) is 6.10 Å². The number of hydrogen-bond acceptors (Lipinski definition) is 6. The topological polar surface area (TPSA) is 61.7 Å². The summed E-state index contributed by atoms with van der Waals surface area (Å²) < 4.78 is 5.75. The molecule has 27 heavy (non-hydrogen) atoms. The average molecular weight is 368 g/mol. The molecule has 1 aromatic carbocycles. The highest BCUT2D eigenvalue weighted by Gasteiger charge is 2.24. The highest BCUT2D eigenvalue weighted by molar-refractivity contribution is 5.41. The third-order valence-corrected chi connectivity index (χ3v) is 5.36. The maximum Gasteiger partial charge on any atom is 0.225 e. The van der Waals surface area contributed by atoms with Gasteiger partial charge in [-0.2, -0.15) is 0 Å². The minimum atomic E-state index is -0.477. The number of aliphatic hydroxyl groups is 1. The Balaban J connectivity index is 1.34. The zero-order valence-electron chi connectivity index (χ0n) is 16.4. The van der Waals surface area contributed by atoms with Crippen molar-refractivity contribution in [2.75, 3.05) is 37.6 Å². The van der Waals surface area contributed by atoms with E-state index in [9.17, 15) is 5.11 Å². The fourth-order valence-corrected chi connectivity index (χ4v) is 3.98. The van der Waals surface area contributed by atoms with Gasteiger partial charge in [0, 0.05) is 50.5 Å². The molecule has 2 atom stereocenters. The Hall–Kier alpha value is -2.18. The lowest BCUT2D eigenvalue weighted by atomic mass is 10.0. The Bertz CT molecular complexity index is 798. The van der Waals surface area contributed by atoms with Crippen LogP contribution in [0, 0.1) is 13.8 Å². The van der Waals surface area contributed by atoms with Crippen molar-refractivity contribution in [2.45, 2.75) is 39.4 Å². The van der Waals surface area contributed by atoms with Crippen molar-refractivity contribution >= 4 is 5.95 Å². The molecule has 1 N–H and O–H groups in total. The standard InChI is InChI=1S/C21H28N4O2/c1-14-10-15(2)23-21(22-14)25-8-6-24(7-9-25)13-19(26)17-4-5-20-18(12-17)11-16(3)27-20/h4-5,10,12,16,19,26H,6-9,11,13H2,1-3H3/t16-,19-/m1/s1. The molecule has 0 spiro atoms. The predicted molar refractivity (Wildman–Crippen MR) is 105 cm³/mol. The van der Waals surface area contributed by atoms with Crippen molar-refractivity contribution in [3.63, 3.8) is 0 Å². The Morgan fingerprint density at radius 2 is 1.81 bits per heavy atom. The molecule has 4 rings (SSSR count). The Morgan fingerprint density at radius 3 is 2.52 bits per heavy atom. The van der Waals surface area contributed by atoms with Crippen molar-refractivity contribution in [3.05, 3.63) is 46.8 Å². The third-order valence-electron chi connectivity index (χ3n) is 5.36. The number of ether oxygens (including phenoxy) is 1. The van der Waals surface area contributed by atoms with Gasteiger partial charge in [-0.15, -0.1) is 0 Å². The Kier molecular flexibility index (Phi) is 5.02. The molecule has 6 nitrogen and oxygen atoms in total. The van der Waals surface area contributed by atoms with Crippen molar-refractivity contribution < 1.29 is 9.84 Å². The SMILES string of the molecule is Cc1cc(C)nc(N2CCN(C[C@@H](O)c3ccc4c(c3)C[C@@H](C)O4)CC2)n1. The number of aromatic nitrogens is 2. The maximum atomic E-state index is 10.7. The Labute approximate surface area is 160 Å². The molecule has 3 heterocycles. The van der Waals surface area contributed by atoms with Crippen LogP contribution in [0.5, 0.6) is 5.75 Å². The summed E-state index contributed by atoms with van der Waals surface area (Å²) >= 11 is 0. The first-order valence-corrected chi connectivity index (χ1v) is 9.75. The van der Waals surface area contributed by atoms with E-state index in [4.69, 9.17) is 4.74 Å². The largest absolute Gasteiger partial charge is 0.490 e. The number of aliphatic hydroxyl groups excluding tert-OH is 1. The summed E-state index contributed by atoms with van der Waals surface area (Å²) in [5, 5.41) is 10.7. The van der Waals surface area contributed by atoms with Gasteiger partial charge < -0.3 is 14.7 Å². The number of piperazine rings is 1. The number of benzene rings is 1. The number of anilines is 1. The number of nitrogens with zero attached hydrogens (tertiary/aromatic N) is 4. The molecule has 0 radical (unpaired) electrons. The van der Waals surface area contributed by atoms with E-state index < -0.39 is 6.10 Å². The van der Waals surface area contributed by atoms with Gasteiger partial charge in [0.1, 0.15) is 11.9 Å². The molecule has 1 aromatic heterocycles. The molecule has 0 saturated carbocycles. The second kappa shape index (κ2) is 7.44. The summed E-state index contributed by atoms with van der Waals surface area (Å²) in [6, 6.07) is 8.08. The summed E-state index contributed by atoms with van der Waals surface area (Å²) in [6.07, 6.45) is 0.674. The van der Waals surface area contributed by atoms with Gasteiger partial charge in [-0.05, 0) is 50.1 Å². The van der Waals surface area contributed by atoms with Gasteiger partial charge >= 0.3 is 0 Å². The van der Waals surface area contributed by atoms with E-state index in [1.165, 1.54) is 5.56 Å². The van der Waals surface area contributed by atoms with E-state index in [1.54, 1.807) is 0 Å². The molecule has 6 heteroatoms. The van der Waals surface area contributed by atoms with Gasteiger partial charge in [-0.3, -0.25) is 4.90 Å². The van der Waals surface area contributed by atoms with E-state index >= 15 is 0 Å². The number of aryl methyl sites for hydroxylation is 2. The molecule has 2 aliphatic rings. The number of β-amino-alcohol motifs (C(OH)–C–C–N with tert-alkyl or cyclic N) is 1. The molecular formula is C21H28N4O2. The fraction of sp³-hybridized carbons (Fsp3) is 0.524. The zero-order chi connectivity index (χ0) is 19.0. The highest BCUT2D eigenvalue weighted by atomic mass is 16.5. The molecule has 144 valence electrons. The van der Waals surface area contributed by atoms with E-state index in [2.05, 4.69) is 32.8 Å². The summed E-state index contributed by atoms with van der Waals surface area (Å²) in [5.41, 5.74) is 4.19. The van der Waals surface area contributed by atoms with Crippen LogP contribution in [0.4, 0.5) is 5.95 Å². The average Bonchev–Trinajstić information content (AvgIpc) is 3.00. The number of rotatable bonds is 4. The van der Waals surface area contributed by atoms with Gasteiger partial charge in [0.2, 0.25) is 5.95 Å². The van der Waals surface area contributed by atoms with Crippen LogP contribution in [0.3, 0.4) is 0 Å². The van der Waals surface area contributed by atoms with Gasteiger partial charge in [0.25, 0.3) is 0 Å². The molecule has 1 saturated heterocycles. The predicted octanol–water partition coefficient (Wildman–Crippen LogP) is 2.27. The second-order valence-corrected chi connectivity index (χ2v) is 7.75. The summed E-state index contributed by atoms with van der Waals surface area (Å²) in [7, 11) is 0. The lowest BCUT2D eigenvalue weighted by Crippen LogP contribution is -2.48. The fourth-order valence-electron chi connectivity index (χ4n) is 3.98. The number of hydrogen-bond donors (Lipinski definition) is 1. The van der Waals surface area contributed by atoms with Crippen LogP contribution >= 0.6 is 0 Å². The highest BCUT2D eigenvalue weighted by Crippen LogP contribution is 2.31. The van der Waals surface area contributed by atoms with Crippen molar-refractivity contribution in [3.8, 4) is 5.75 Å². The van der Waals surface area contributed by atoms with Crippen LogP contribution in [-0.2, 0) is 6.42 Å². The first-order valence-electron chi connectivity index (χ1n) is 9.75. The van der Waals surface area contributed by atoms with Crippen LogP contribution in [0.1, 0.15) is 35.5 Å². The first kappa shape index (κ1) is 18.2. The van der Waals surface area contributed by atoms with E-state index in [0.717, 1.165) is 61.2 Å². The molecule has 2 aliphatic heterocycles. The summed E-state index contributed by atoms with van der Waals surface area (Å²) in [5.74, 6) is 1.78. The van der Waals surface area contributed by atoms with E-state index in [0.29, 0.717) is 6.54 Å². The van der Waals surface area contributed by atoms with Gasteiger partial charge in [0.15, 0.2) is 0 Å². The quantitative estimate of drug-likeness (QED) is 0.893. The molecule has 0 bridgehead atoms. The van der Waals surface area contributed by atoms with Crippen LogP contribution < -0.4 is 9.64 Å². The third kappa shape index (κ3) is 4.06. The van der Waals surface area contributed by atoms with Crippen molar-refractivity contribution in [2.24, 2.45) is 0 Å². The molecule has 0 amide bonds. The maximum absolute atomic E-state index is 10.7. The van der Waals surface area contributed by atoms with Crippen LogP contribution in [0.25, 0.3) is 0 Å². The van der Waals surface area contributed by atoms with Gasteiger partial charge in [0.05, 0.1) is 6.10 Å². The molecule has 1 fully saturated rings. The van der Waals surface area contributed by atoms with Crippen LogP contribution in [0.15, 0.2) is 24.3 Å². The zero-order valence-corrected chi connectivity index (χ0v) is 16.4. The molecule has 0 aliphatic carbocycles. The van der Waals surface area contributed by atoms with Crippen molar-refractivity contribution in [1.29, 1.82) is 0 Å². The lowest BCUT2D eigenvalue weighted by molar-refractivity contribution is 0.109. The molecular weight excluding hydrogens is 340 g/mol. The van der Waals surface area contributed by atoms with Crippen LogP contribution in [-0.4, -0.2) is 58.8 Å². The minimum absolute atomic E-state index is 0.230. The summed E-state index contributed by atoms with van der Waals surface area (Å²) in [6.45, 7) is 10.3. The molecule has 2 aromatic rings. The normalized spacial score (nSPS) is 21.0. The minimum Gasteiger partial charge on any atom is -0.490 e. The van der Waals surface area contributed by atoms with Crippen LogP contribution in [0.2, 0.25) is 0 Å². The van der Waals surface area contributed by atoms with Gasteiger partial charge in [-0.25, -0.2) is 9.97 Å². The monoisotopic (exact) mass is 368 g/mol. The molecule has 0 unspecified atom stereocenters. The lowest BCUT2D eigenvalue weighted by Gasteiger charge is -2.35. The van der Waals surface area contributed by atoms with E-state index in [1.807, 2.05) is 32.0 Å². The Morgan fingerprint density at radius 1 is 1.11 bits per heavy atom. The first-order chi connectivity index (χ1) is 13.0. The summed E-state index contributed by atoms with van der Waals surface area (Å²) in [4.78, 5) is 13.7. The second-order valence-electron chi connectivity index (χ2n) is 7.75. The van der Waals surface area contributed by atoms with Crippen molar-refractivity contribution in [1.82, 2.24) is 14.9 Å². The van der Waals surface area contributed by atoms with Gasteiger partial charge in [-0.1, -0.05) is 6.07 Å².